The summed E-state index contributed by atoms with van der Waals surface area (Å²) in [5, 5.41) is 11.5. The van der Waals surface area contributed by atoms with Crippen molar-refractivity contribution in [3.63, 3.8) is 0 Å². The molecular weight excluding hydrogens is 616 g/mol. The van der Waals surface area contributed by atoms with Crippen LogP contribution in [-0.2, 0) is 16.1 Å². The van der Waals surface area contributed by atoms with E-state index in [4.69, 9.17) is 11.6 Å². The third-order valence-corrected chi connectivity index (χ3v) is 8.79. The molecule has 2 aliphatic rings. The van der Waals surface area contributed by atoms with Crippen molar-refractivity contribution in [3.05, 3.63) is 96.2 Å². The molecule has 4 atom stereocenters. The molecule has 46 heavy (non-hydrogen) atoms. The number of ketones is 1. The van der Waals surface area contributed by atoms with Gasteiger partial charge in [-0.1, -0.05) is 60.2 Å². The fourth-order valence-electron chi connectivity index (χ4n) is 6.00. The Labute approximate surface area is 268 Å². The summed E-state index contributed by atoms with van der Waals surface area (Å²) in [6, 6.07) is 9.24. The third kappa shape index (κ3) is 5.78. The first-order chi connectivity index (χ1) is 21.9. The van der Waals surface area contributed by atoms with Gasteiger partial charge < -0.3 is 19.9 Å². The average Bonchev–Trinajstić information content (AvgIpc) is 3.59. The van der Waals surface area contributed by atoms with Gasteiger partial charge in [0.05, 0.1) is 12.1 Å². The number of amides is 2. The molecule has 2 unspecified atom stereocenters. The fourth-order valence-corrected chi connectivity index (χ4v) is 6.30. The molecule has 1 aliphatic carbocycles. The van der Waals surface area contributed by atoms with Crippen LogP contribution < -0.4 is 5.32 Å². The van der Waals surface area contributed by atoms with Gasteiger partial charge in [0.1, 0.15) is 36.4 Å². The van der Waals surface area contributed by atoms with Gasteiger partial charge in [0.25, 0.3) is 0 Å². The van der Waals surface area contributed by atoms with Crippen molar-refractivity contribution < 1.29 is 28.3 Å². The quantitative estimate of drug-likeness (QED) is 0.208. The van der Waals surface area contributed by atoms with Crippen LogP contribution in [0.5, 0.6) is 5.75 Å². The summed E-state index contributed by atoms with van der Waals surface area (Å²) in [5.74, 6) is -1.17. The summed E-state index contributed by atoms with van der Waals surface area (Å²) in [5.41, 5.74) is 2.34. The summed E-state index contributed by atoms with van der Waals surface area (Å²) in [4.78, 5) is 49.1. The number of likely N-dealkylation sites (tertiary alicyclic amines) is 1. The van der Waals surface area contributed by atoms with E-state index >= 15 is 4.39 Å². The van der Waals surface area contributed by atoms with Gasteiger partial charge in [-0.15, -0.1) is 0 Å². The van der Waals surface area contributed by atoms with Crippen LogP contribution in [0.4, 0.5) is 8.78 Å². The maximum atomic E-state index is 16.0. The normalized spacial score (nSPS) is 22.6. The van der Waals surface area contributed by atoms with Gasteiger partial charge in [0.2, 0.25) is 16.9 Å². The molecule has 6 rings (SSSR count). The lowest BCUT2D eigenvalue weighted by atomic mass is 9.91. The number of aryl methyl sites for hydroxylation is 1. The summed E-state index contributed by atoms with van der Waals surface area (Å²) in [6.45, 7) is 2.43. The Kier molecular flexibility index (Phi) is 8.20. The van der Waals surface area contributed by atoms with Crippen LogP contribution in [0.3, 0.4) is 0 Å². The molecule has 2 amide bonds. The number of hydrogen-bond acceptors (Lipinski definition) is 6. The molecule has 9 nitrogen and oxygen atoms in total. The third-order valence-electron chi connectivity index (χ3n) is 8.35. The van der Waals surface area contributed by atoms with Crippen molar-refractivity contribution >= 4 is 45.7 Å². The number of rotatable bonds is 7. The summed E-state index contributed by atoms with van der Waals surface area (Å²) in [7, 11) is 0. The Hall–Kier alpha value is -4.90. The SMILES string of the molecule is CC(=O)c1cn(CC(=O)N2C[C@H](F)C[C@H]2C(=O)NC2C=CC=C(c3ccccc3)C2(F)Cl)c2cc(O)c(-c3cnc(C)nc3)cc12. The highest BCUT2D eigenvalue weighted by molar-refractivity contribution is 6.30. The zero-order valence-corrected chi connectivity index (χ0v) is 25.7. The second kappa shape index (κ2) is 12.1. The maximum absolute atomic E-state index is 16.0. The first-order valence-electron chi connectivity index (χ1n) is 14.7. The number of Topliss-reactive ketones (excluding diaryl/α,β-unsaturated/α-hetero) is 1. The number of halogens is 3. The average molecular weight is 646 g/mol. The van der Waals surface area contributed by atoms with E-state index in [-0.39, 0.29) is 36.6 Å². The second-order valence-corrected chi connectivity index (χ2v) is 12.0. The zero-order chi connectivity index (χ0) is 32.7. The molecule has 0 bridgehead atoms. The number of phenols is 1. The number of fused-ring (bicyclic) bond motifs is 1. The number of alkyl halides is 3. The van der Waals surface area contributed by atoms with Gasteiger partial charge in [-0.05, 0) is 25.5 Å². The Morgan fingerprint density at radius 1 is 1.13 bits per heavy atom. The summed E-state index contributed by atoms with van der Waals surface area (Å²) < 4.78 is 32.2. The highest BCUT2D eigenvalue weighted by Crippen LogP contribution is 2.41. The predicted octanol–water partition coefficient (Wildman–Crippen LogP) is 5.30. The van der Waals surface area contributed by atoms with E-state index in [1.165, 1.54) is 35.9 Å². The van der Waals surface area contributed by atoms with E-state index < -0.39 is 35.2 Å². The largest absolute Gasteiger partial charge is 0.507 e. The van der Waals surface area contributed by atoms with Crippen molar-refractivity contribution in [3.8, 4) is 16.9 Å². The first kappa shape index (κ1) is 31.1. The van der Waals surface area contributed by atoms with E-state index in [0.717, 1.165) is 4.90 Å². The molecular formula is C34H30ClF2N5O4. The molecule has 0 saturated carbocycles. The molecule has 2 aromatic heterocycles. The highest BCUT2D eigenvalue weighted by atomic mass is 35.5. The van der Waals surface area contributed by atoms with Crippen LogP contribution in [0.15, 0.2) is 79.3 Å². The topological polar surface area (TPSA) is 117 Å². The molecule has 1 fully saturated rings. The number of aromatic hydroxyl groups is 1. The number of aromatic nitrogens is 3. The van der Waals surface area contributed by atoms with E-state index in [1.54, 1.807) is 61.8 Å². The van der Waals surface area contributed by atoms with Crippen molar-refractivity contribution in [2.24, 2.45) is 0 Å². The molecule has 4 aromatic rings. The van der Waals surface area contributed by atoms with Gasteiger partial charge in [-0.25, -0.2) is 18.7 Å². The molecule has 2 N–H and O–H groups in total. The number of hydrogen-bond donors (Lipinski definition) is 2. The van der Waals surface area contributed by atoms with Gasteiger partial charge >= 0.3 is 0 Å². The van der Waals surface area contributed by atoms with E-state index in [0.29, 0.717) is 39.0 Å². The minimum atomic E-state index is -2.49. The lowest BCUT2D eigenvalue weighted by molar-refractivity contribution is -0.139. The molecule has 12 heteroatoms. The molecule has 2 aromatic carbocycles. The van der Waals surface area contributed by atoms with E-state index in [1.807, 2.05) is 0 Å². The fraction of sp³-hybridized carbons (Fsp3) is 0.265. The van der Waals surface area contributed by atoms with Crippen molar-refractivity contribution in [1.82, 2.24) is 24.8 Å². The standard InChI is InChI=1S/C34H30ClF2N5O4/c1-19(43)26-17-41(28-13-30(44)24(12-25(26)28)22-14-38-20(2)39-15-22)18-32(45)42-16-23(36)11-29(42)33(46)40-31-10-6-9-27(34(31,35)37)21-7-4-3-5-8-21/h3-10,12-15,17,23,29,31,44H,11,16,18H2,1-2H3,(H,40,46)/t23-,29+,31?,34?/m1/s1. The number of carbonyl (C=O) groups is 3. The Balaban J connectivity index is 1.24. The van der Waals surface area contributed by atoms with Gasteiger partial charge in [0, 0.05) is 58.7 Å². The van der Waals surface area contributed by atoms with E-state index in [9.17, 15) is 23.9 Å². The predicted molar refractivity (Wildman–Crippen MR) is 170 cm³/mol. The van der Waals surface area contributed by atoms with Gasteiger partial charge in [0.15, 0.2) is 5.78 Å². The molecule has 236 valence electrons. The van der Waals surface area contributed by atoms with Gasteiger partial charge in [-0.2, -0.15) is 0 Å². The maximum Gasteiger partial charge on any atom is 0.243 e. The van der Waals surface area contributed by atoms with Crippen LogP contribution in [-0.4, -0.2) is 72.1 Å². The van der Waals surface area contributed by atoms with Crippen LogP contribution in [0.25, 0.3) is 27.6 Å². The summed E-state index contributed by atoms with van der Waals surface area (Å²) in [6.07, 6.45) is 7.37. The lowest BCUT2D eigenvalue weighted by Crippen LogP contribution is -2.54. The monoisotopic (exact) mass is 645 g/mol. The van der Waals surface area contributed by atoms with Crippen LogP contribution in [0, 0.1) is 6.92 Å². The van der Waals surface area contributed by atoms with E-state index in [2.05, 4.69) is 15.3 Å². The van der Waals surface area contributed by atoms with Crippen molar-refractivity contribution in [1.29, 1.82) is 0 Å². The number of allylic oxidation sites excluding steroid dienone is 2. The highest BCUT2D eigenvalue weighted by Gasteiger charge is 2.46. The number of carbonyl (C=O) groups excluding carboxylic acids is 3. The Morgan fingerprint density at radius 3 is 2.54 bits per heavy atom. The Bertz CT molecular complexity index is 1910. The molecule has 0 radical (unpaired) electrons. The van der Waals surface area contributed by atoms with Crippen molar-refractivity contribution in [2.45, 2.75) is 50.2 Å². The van der Waals surface area contributed by atoms with Crippen LogP contribution >= 0.6 is 11.6 Å². The Morgan fingerprint density at radius 2 is 1.85 bits per heavy atom. The minimum absolute atomic E-state index is 0.121. The molecule has 0 spiro atoms. The molecule has 3 heterocycles. The number of nitrogens with one attached hydrogen (secondary N) is 1. The number of phenolic OH excluding ortho intramolecular Hbond substituents is 1. The smallest absolute Gasteiger partial charge is 0.243 e. The van der Waals surface area contributed by atoms with Gasteiger partial charge in [-0.3, -0.25) is 14.4 Å². The number of nitrogens with zero attached hydrogens (tertiary/aromatic N) is 4. The number of benzene rings is 2. The summed E-state index contributed by atoms with van der Waals surface area (Å²) >= 11 is 6.36. The molecule has 1 aliphatic heterocycles. The first-order valence-corrected chi connectivity index (χ1v) is 15.0. The van der Waals surface area contributed by atoms with Crippen molar-refractivity contribution in [2.75, 3.05) is 6.54 Å². The lowest BCUT2D eigenvalue weighted by Gasteiger charge is -2.33. The molecule has 1 saturated heterocycles. The zero-order valence-electron chi connectivity index (χ0n) is 25.0. The minimum Gasteiger partial charge on any atom is -0.507 e. The van der Waals surface area contributed by atoms with Crippen LogP contribution in [0.2, 0.25) is 0 Å². The second-order valence-electron chi connectivity index (χ2n) is 11.5. The van der Waals surface area contributed by atoms with Crippen LogP contribution in [0.1, 0.15) is 35.1 Å².